The summed E-state index contributed by atoms with van der Waals surface area (Å²) in [5.41, 5.74) is 0.324. The van der Waals surface area contributed by atoms with E-state index in [0.717, 1.165) is 0 Å². The van der Waals surface area contributed by atoms with Crippen molar-refractivity contribution in [1.82, 2.24) is 0 Å². The van der Waals surface area contributed by atoms with Gasteiger partial charge in [-0.15, -0.1) is 0 Å². The van der Waals surface area contributed by atoms with Crippen molar-refractivity contribution in [2.45, 2.75) is 0 Å². The number of oxime groups is 1. The summed E-state index contributed by atoms with van der Waals surface area (Å²) in [4.78, 5) is 4.53. The van der Waals surface area contributed by atoms with Gasteiger partial charge in [0, 0.05) is 10.6 Å². The van der Waals surface area contributed by atoms with E-state index in [1.165, 1.54) is 18.3 Å². The predicted molar refractivity (Wildman–Crippen MR) is 57.3 cm³/mol. The summed E-state index contributed by atoms with van der Waals surface area (Å²) in [5.74, 6) is -0.134. The van der Waals surface area contributed by atoms with E-state index in [1.807, 2.05) is 0 Å². The van der Waals surface area contributed by atoms with E-state index in [9.17, 15) is 5.11 Å². The normalized spacial score (nSPS) is 10.2. The molecule has 78 valence electrons. The predicted octanol–water partition coefficient (Wildman–Crippen LogP) is 2.57. The van der Waals surface area contributed by atoms with E-state index in [4.69, 9.17) is 28.5 Å². The van der Waals surface area contributed by atoms with Crippen LogP contribution in [0.5, 0.6) is 5.75 Å². The molecule has 0 atom stereocenters. The van der Waals surface area contributed by atoms with Crippen LogP contribution in [0.4, 0.5) is 0 Å². The van der Waals surface area contributed by atoms with Gasteiger partial charge in [0.1, 0.15) is 11.8 Å². The first-order valence-corrected chi connectivity index (χ1v) is 4.61. The maximum atomic E-state index is 9.48. The molecule has 0 aliphatic carbocycles. The fourth-order valence-electron chi connectivity index (χ4n) is 0.844. The van der Waals surface area contributed by atoms with Crippen molar-refractivity contribution in [1.29, 1.82) is 5.26 Å². The van der Waals surface area contributed by atoms with Gasteiger partial charge in [0.25, 0.3) is 0 Å². The molecule has 0 fully saturated rings. The lowest BCUT2D eigenvalue weighted by molar-refractivity contribution is 0.180. The smallest absolute Gasteiger partial charge is 0.202 e. The van der Waals surface area contributed by atoms with Crippen molar-refractivity contribution in [2.24, 2.45) is 5.16 Å². The van der Waals surface area contributed by atoms with E-state index in [-0.39, 0.29) is 17.4 Å². The molecule has 1 aromatic rings. The molecule has 1 rings (SSSR count). The summed E-state index contributed by atoms with van der Waals surface area (Å²) in [6.07, 6.45) is 1.23. The molecule has 0 aliphatic heterocycles. The minimum atomic E-state index is -0.161. The summed E-state index contributed by atoms with van der Waals surface area (Å²) in [7, 11) is 0. The number of phenols is 1. The van der Waals surface area contributed by atoms with E-state index in [1.54, 1.807) is 6.07 Å². The summed E-state index contributed by atoms with van der Waals surface area (Å²) >= 11 is 11.4. The average molecular weight is 245 g/mol. The lowest BCUT2D eigenvalue weighted by Crippen LogP contribution is -1.87. The highest BCUT2D eigenvalue weighted by Crippen LogP contribution is 2.29. The van der Waals surface area contributed by atoms with Crippen LogP contribution < -0.4 is 0 Å². The number of phenolic OH excluding ortho intramolecular Hbond substituents is 1. The van der Waals surface area contributed by atoms with Crippen LogP contribution in [0, 0.1) is 11.3 Å². The minimum Gasteiger partial charge on any atom is -0.506 e. The molecule has 15 heavy (non-hydrogen) atoms. The molecule has 0 heterocycles. The molecular weight excluding hydrogens is 239 g/mol. The van der Waals surface area contributed by atoms with Gasteiger partial charge < -0.3 is 9.94 Å². The third-order valence-corrected chi connectivity index (χ3v) is 1.96. The van der Waals surface area contributed by atoms with Crippen LogP contribution in [0.1, 0.15) is 5.56 Å². The molecule has 0 amide bonds. The van der Waals surface area contributed by atoms with E-state index in [2.05, 4.69) is 9.99 Å². The first kappa shape index (κ1) is 11.6. The zero-order valence-electron chi connectivity index (χ0n) is 7.44. The number of halogens is 2. The monoisotopic (exact) mass is 244 g/mol. The fraction of sp³-hybridized carbons (Fsp3) is 0.111. The van der Waals surface area contributed by atoms with Crippen LogP contribution in [0.25, 0.3) is 0 Å². The molecule has 6 heteroatoms. The third kappa shape index (κ3) is 3.31. The Hall–Kier alpha value is -1.44. The number of nitriles is 1. The van der Waals surface area contributed by atoms with Crippen LogP contribution in [0.15, 0.2) is 17.3 Å². The van der Waals surface area contributed by atoms with Gasteiger partial charge in [-0.2, -0.15) is 5.26 Å². The van der Waals surface area contributed by atoms with Gasteiger partial charge in [0.15, 0.2) is 0 Å². The van der Waals surface area contributed by atoms with Gasteiger partial charge >= 0.3 is 0 Å². The first-order chi connectivity index (χ1) is 7.15. The number of benzene rings is 1. The second kappa shape index (κ2) is 5.44. The summed E-state index contributed by atoms with van der Waals surface area (Å²) in [6, 6.07) is 4.62. The first-order valence-electron chi connectivity index (χ1n) is 3.85. The van der Waals surface area contributed by atoms with Gasteiger partial charge in [-0.1, -0.05) is 28.4 Å². The van der Waals surface area contributed by atoms with Crippen molar-refractivity contribution in [3.8, 4) is 11.8 Å². The zero-order valence-corrected chi connectivity index (χ0v) is 8.96. The molecule has 4 nitrogen and oxygen atoms in total. The second-order valence-electron chi connectivity index (χ2n) is 2.49. The number of hydrogen-bond acceptors (Lipinski definition) is 4. The van der Waals surface area contributed by atoms with Gasteiger partial charge in [0.05, 0.1) is 11.2 Å². The molecule has 0 bridgehead atoms. The summed E-state index contributed by atoms with van der Waals surface area (Å²) in [6.45, 7) is -0.161. The van der Waals surface area contributed by atoms with E-state index < -0.39 is 0 Å². The van der Waals surface area contributed by atoms with Crippen molar-refractivity contribution in [2.75, 3.05) is 6.61 Å². The average Bonchev–Trinajstić information content (AvgIpc) is 2.19. The highest BCUT2D eigenvalue weighted by Gasteiger charge is 2.05. The Balaban J connectivity index is 2.86. The highest BCUT2D eigenvalue weighted by molar-refractivity contribution is 6.36. The van der Waals surface area contributed by atoms with Gasteiger partial charge in [-0.05, 0) is 12.1 Å². The topological polar surface area (TPSA) is 65.6 Å². The lowest BCUT2D eigenvalue weighted by atomic mass is 10.2. The Kier molecular flexibility index (Phi) is 4.22. The van der Waals surface area contributed by atoms with Crippen LogP contribution in [0.2, 0.25) is 10.0 Å². The van der Waals surface area contributed by atoms with Crippen molar-refractivity contribution in [3.05, 3.63) is 27.7 Å². The standard InChI is InChI=1S/C9H6Cl2N2O2/c10-7-3-6(5-13-15-2-1-12)9(14)8(11)4-7/h3-5,14H,2H2/b13-5+. The third-order valence-electron chi connectivity index (χ3n) is 1.45. The summed E-state index contributed by atoms with van der Waals surface area (Å²) in [5, 5.41) is 21.6. The van der Waals surface area contributed by atoms with Crippen molar-refractivity contribution < 1.29 is 9.94 Å². The van der Waals surface area contributed by atoms with Gasteiger partial charge in [0.2, 0.25) is 6.61 Å². The maximum absolute atomic E-state index is 9.48. The molecule has 1 aromatic carbocycles. The Morgan fingerprint density at radius 3 is 2.93 bits per heavy atom. The van der Waals surface area contributed by atoms with Crippen molar-refractivity contribution >= 4 is 29.4 Å². The molecule has 0 saturated carbocycles. The second-order valence-corrected chi connectivity index (χ2v) is 3.34. The number of rotatable bonds is 3. The minimum absolute atomic E-state index is 0.129. The highest BCUT2D eigenvalue weighted by atomic mass is 35.5. The summed E-state index contributed by atoms with van der Waals surface area (Å²) < 4.78 is 0. The van der Waals surface area contributed by atoms with Crippen LogP contribution in [-0.2, 0) is 4.84 Å². The Morgan fingerprint density at radius 2 is 2.27 bits per heavy atom. The number of hydrogen-bond donors (Lipinski definition) is 1. The molecule has 0 radical (unpaired) electrons. The fourth-order valence-corrected chi connectivity index (χ4v) is 1.35. The van der Waals surface area contributed by atoms with E-state index in [0.29, 0.717) is 10.6 Å². The zero-order chi connectivity index (χ0) is 11.3. The Labute approximate surface area is 96.3 Å². The number of aromatic hydroxyl groups is 1. The molecule has 0 aliphatic rings. The van der Waals surface area contributed by atoms with Crippen molar-refractivity contribution in [3.63, 3.8) is 0 Å². The van der Waals surface area contributed by atoms with E-state index >= 15 is 0 Å². The number of nitrogens with zero attached hydrogens (tertiary/aromatic N) is 2. The quantitative estimate of drug-likeness (QED) is 0.505. The molecular formula is C9H6Cl2N2O2. The Bertz CT molecular complexity index is 427. The molecule has 0 saturated heterocycles. The van der Waals surface area contributed by atoms with Gasteiger partial charge in [-0.3, -0.25) is 0 Å². The van der Waals surface area contributed by atoms with Crippen LogP contribution >= 0.6 is 23.2 Å². The molecule has 1 N–H and O–H groups in total. The SMILES string of the molecule is N#CCO/N=C/c1cc(Cl)cc(Cl)c1O. The maximum Gasteiger partial charge on any atom is 0.202 e. The lowest BCUT2D eigenvalue weighted by Gasteiger charge is -2.01. The largest absolute Gasteiger partial charge is 0.506 e. The molecule has 0 aromatic heterocycles. The van der Waals surface area contributed by atoms with Crippen LogP contribution in [-0.4, -0.2) is 17.9 Å². The van der Waals surface area contributed by atoms with Gasteiger partial charge in [-0.25, -0.2) is 0 Å². The molecule has 0 spiro atoms. The Morgan fingerprint density at radius 1 is 1.53 bits per heavy atom. The molecule has 0 unspecified atom stereocenters. The van der Waals surface area contributed by atoms with Crippen LogP contribution in [0.3, 0.4) is 0 Å².